The molecule has 3 N–H and O–H groups in total. The Kier molecular flexibility index (Phi) is 58.0. The van der Waals surface area contributed by atoms with Gasteiger partial charge in [-0.25, -0.2) is 0 Å². The van der Waals surface area contributed by atoms with Crippen molar-refractivity contribution in [1.29, 1.82) is 0 Å². The van der Waals surface area contributed by atoms with E-state index in [1.54, 1.807) is 6.08 Å². The molecule has 2 unspecified atom stereocenters. The highest BCUT2D eigenvalue weighted by atomic mass is 16.5. The van der Waals surface area contributed by atoms with Crippen LogP contribution in [0.1, 0.15) is 354 Å². The number of hydrogen-bond acceptors (Lipinski definition) is 5. The maximum absolute atomic E-state index is 12.4. The predicted molar refractivity (Wildman–Crippen MR) is 301 cm³/mol. The first-order valence-corrected chi connectivity index (χ1v) is 31.5. The molecular weight excluding hydrogens is 851 g/mol. The number of nitrogens with one attached hydrogen (secondary N) is 1. The molecule has 0 bridgehead atoms. The summed E-state index contributed by atoms with van der Waals surface area (Å²) < 4.78 is 5.50. The third kappa shape index (κ3) is 55.8. The number of amides is 1. The molecule has 410 valence electrons. The largest absolute Gasteiger partial charge is 0.466 e. The van der Waals surface area contributed by atoms with E-state index in [0.717, 1.165) is 38.5 Å². The molecule has 0 aromatic rings. The van der Waals surface area contributed by atoms with Gasteiger partial charge in [0.1, 0.15) is 0 Å². The van der Waals surface area contributed by atoms with Crippen LogP contribution >= 0.6 is 0 Å². The smallest absolute Gasteiger partial charge is 0.305 e. The van der Waals surface area contributed by atoms with Gasteiger partial charge in [0.05, 0.1) is 25.4 Å². The van der Waals surface area contributed by atoms with Crippen LogP contribution in [0.5, 0.6) is 0 Å². The number of hydrogen-bond donors (Lipinski definition) is 3. The summed E-state index contributed by atoms with van der Waals surface area (Å²) in [4.78, 5) is 24.5. The zero-order chi connectivity index (χ0) is 50.0. The fourth-order valence-electron chi connectivity index (χ4n) is 9.99. The van der Waals surface area contributed by atoms with E-state index in [9.17, 15) is 19.8 Å². The maximum Gasteiger partial charge on any atom is 0.305 e. The first-order chi connectivity index (χ1) is 34.0. The average Bonchev–Trinajstić information content (AvgIpc) is 3.35. The van der Waals surface area contributed by atoms with Gasteiger partial charge >= 0.3 is 5.97 Å². The van der Waals surface area contributed by atoms with E-state index in [1.165, 1.54) is 289 Å². The molecule has 0 saturated carbocycles. The monoisotopic (exact) mass is 974 g/mol. The number of allylic oxidation sites excluding steroid dienone is 1. The number of carbonyl (C=O) groups is 2. The van der Waals surface area contributed by atoms with Gasteiger partial charge in [0.15, 0.2) is 0 Å². The lowest BCUT2D eigenvalue weighted by Crippen LogP contribution is -2.45. The van der Waals surface area contributed by atoms with Gasteiger partial charge in [-0.1, -0.05) is 321 Å². The number of aliphatic hydroxyl groups excluding tert-OH is 2. The van der Waals surface area contributed by atoms with E-state index in [4.69, 9.17) is 4.74 Å². The average molecular weight is 975 g/mol. The Balaban J connectivity index is 3.36. The van der Waals surface area contributed by atoms with Crippen LogP contribution in [0.2, 0.25) is 0 Å². The Morgan fingerprint density at radius 2 is 0.667 bits per heavy atom. The molecule has 0 saturated heterocycles. The number of unbranched alkanes of at least 4 members (excludes halogenated alkanes) is 48. The zero-order valence-electron chi connectivity index (χ0n) is 46.8. The molecule has 1 amide bonds. The highest BCUT2D eigenvalue weighted by Gasteiger charge is 2.18. The van der Waals surface area contributed by atoms with Crippen molar-refractivity contribution < 1.29 is 24.5 Å². The molecule has 0 rings (SSSR count). The number of rotatable bonds is 59. The van der Waals surface area contributed by atoms with Gasteiger partial charge in [-0.3, -0.25) is 9.59 Å². The molecule has 0 aliphatic heterocycles. The SMILES string of the molecule is CCCCCCCCCCCCC/C=C/C(O)C(CO)NC(=O)CCCCCCCCCCCCCCCCCCCCCCCCOC(=O)CCCCCCCCCCCCCCCCCCC. The zero-order valence-corrected chi connectivity index (χ0v) is 46.8. The number of carbonyl (C=O) groups excluding carboxylic acids is 2. The van der Waals surface area contributed by atoms with Gasteiger partial charge in [0, 0.05) is 12.8 Å². The Labute approximate surface area is 431 Å². The summed E-state index contributed by atoms with van der Waals surface area (Å²) in [6.07, 6.45) is 71.1. The maximum atomic E-state index is 12.4. The highest BCUT2D eigenvalue weighted by molar-refractivity contribution is 5.76. The summed E-state index contributed by atoms with van der Waals surface area (Å²) in [6, 6.07) is -0.626. The minimum Gasteiger partial charge on any atom is -0.466 e. The predicted octanol–water partition coefficient (Wildman–Crippen LogP) is 19.6. The molecule has 0 aliphatic rings. The molecule has 0 spiro atoms. The van der Waals surface area contributed by atoms with Crippen molar-refractivity contribution in [3.63, 3.8) is 0 Å². The lowest BCUT2D eigenvalue weighted by atomic mass is 10.0. The van der Waals surface area contributed by atoms with Gasteiger partial charge in [-0.2, -0.15) is 0 Å². The molecule has 69 heavy (non-hydrogen) atoms. The fourth-order valence-corrected chi connectivity index (χ4v) is 9.99. The summed E-state index contributed by atoms with van der Waals surface area (Å²) in [5, 5.41) is 23.1. The third-order valence-electron chi connectivity index (χ3n) is 14.8. The molecule has 6 nitrogen and oxygen atoms in total. The van der Waals surface area contributed by atoms with E-state index >= 15 is 0 Å². The van der Waals surface area contributed by atoms with Crippen LogP contribution in [0.4, 0.5) is 0 Å². The molecule has 0 aromatic carbocycles. The molecule has 0 fully saturated rings. The van der Waals surface area contributed by atoms with Gasteiger partial charge < -0.3 is 20.3 Å². The lowest BCUT2D eigenvalue weighted by Gasteiger charge is -2.20. The van der Waals surface area contributed by atoms with Gasteiger partial charge in [-0.15, -0.1) is 0 Å². The van der Waals surface area contributed by atoms with Gasteiger partial charge in [0.25, 0.3) is 0 Å². The molecular formula is C63H123NO5. The van der Waals surface area contributed by atoms with E-state index in [1.807, 2.05) is 6.08 Å². The van der Waals surface area contributed by atoms with Crippen LogP contribution in [0.15, 0.2) is 12.2 Å². The topological polar surface area (TPSA) is 95.9 Å². The highest BCUT2D eigenvalue weighted by Crippen LogP contribution is 2.18. The van der Waals surface area contributed by atoms with Crippen molar-refractivity contribution in [2.24, 2.45) is 0 Å². The summed E-state index contributed by atoms with van der Waals surface area (Å²) in [7, 11) is 0. The fraction of sp³-hybridized carbons (Fsp3) is 0.937. The summed E-state index contributed by atoms with van der Waals surface area (Å²) in [6.45, 7) is 4.93. The first-order valence-electron chi connectivity index (χ1n) is 31.5. The second kappa shape index (κ2) is 59.2. The molecule has 6 heteroatoms. The Morgan fingerprint density at radius 3 is 0.986 bits per heavy atom. The molecule has 0 radical (unpaired) electrons. The standard InChI is InChI=1S/C63H123NO5/c1-3-5-7-9-11-13-15-17-18-25-29-33-37-41-45-49-53-57-63(68)69-58-54-50-46-42-38-34-30-27-24-22-20-19-21-23-26-28-32-36-40-44-48-52-56-62(67)64-60(59-65)61(66)55-51-47-43-39-35-31-16-14-12-10-8-6-4-2/h51,55,60-61,65-66H,3-50,52-54,56-59H2,1-2H3,(H,64,67)/b55-51+. The first kappa shape index (κ1) is 67.6. The van der Waals surface area contributed by atoms with Crippen LogP contribution in [0, 0.1) is 0 Å². The van der Waals surface area contributed by atoms with Crippen LogP contribution in [0.25, 0.3) is 0 Å². The number of esters is 1. The normalized spacial score (nSPS) is 12.6. The minimum atomic E-state index is -0.843. The van der Waals surface area contributed by atoms with Crippen molar-refractivity contribution >= 4 is 11.9 Å². The molecule has 2 atom stereocenters. The second-order valence-electron chi connectivity index (χ2n) is 21.8. The summed E-state index contributed by atoms with van der Waals surface area (Å²) >= 11 is 0. The van der Waals surface area contributed by atoms with Crippen molar-refractivity contribution in [1.82, 2.24) is 5.32 Å². The van der Waals surface area contributed by atoms with Crippen molar-refractivity contribution in [3.05, 3.63) is 12.2 Å². The quantitative estimate of drug-likeness (QED) is 0.0321. The summed E-state index contributed by atoms with van der Waals surface area (Å²) in [5.74, 6) is -0.0494. The van der Waals surface area contributed by atoms with Crippen LogP contribution in [-0.4, -0.2) is 47.4 Å². The minimum absolute atomic E-state index is 0.0173. The van der Waals surface area contributed by atoms with E-state index in [-0.39, 0.29) is 18.5 Å². The Bertz CT molecular complexity index is 1030. The molecule has 0 aromatic heterocycles. The van der Waals surface area contributed by atoms with E-state index < -0.39 is 12.1 Å². The van der Waals surface area contributed by atoms with Crippen LogP contribution in [0.3, 0.4) is 0 Å². The van der Waals surface area contributed by atoms with E-state index in [0.29, 0.717) is 19.4 Å². The summed E-state index contributed by atoms with van der Waals surface area (Å²) in [5.41, 5.74) is 0. The second-order valence-corrected chi connectivity index (χ2v) is 21.8. The molecule has 0 heterocycles. The van der Waals surface area contributed by atoms with Crippen LogP contribution in [-0.2, 0) is 14.3 Å². The van der Waals surface area contributed by atoms with Crippen LogP contribution < -0.4 is 5.32 Å². The van der Waals surface area contributed by atoms with Crippen molar-refractivity contribution in [3.8, 4) is 0 Å². The van der Waals surface area contributed by atoms with E-state index in [2.05, 4.69) is 19.2 Å². The van der Waals surface area contributed by atoms with Crippen molar-refractivity contribution in [2.45, 2.75) is 366 Å². The van der Waals surface area contributed by atoms with Gasteiger partial charge in [0.2, 0.25) is 5.91 Å². The Morgan fingerprint density at radius 1 is 0.391 bits per heavy atom. The number of ether oxygens (including phenoxy) is 1. The third-order valence-corrected chi connectivity index (χ3v) is 14.8. The molecule has 0 aliphatic carbocycles. The Hall–Kier alpha value is -1.40. The van der Waals surface area contributed by atoms with Crippen molar-refractivity contribution in [2.75, 3.05) is 13.2 Å². The lowest BCUT2D eigenvalue weighted by molar-refractivity contribution is -0.143. The van der Waals surface area contributed by atoms with Gasteiger partial charge in [-0.05, 0) is 32.1 Å². The number of aliphatic hydroxyl groups is 2.